The molecule has 0 bridgehead atoms. The van der Waals surface area contributed by atoms with Crippen molar-refractivity contribution < 1.29 is 9.26 Å². The van der Waals surface area contributed by atoms with Crippen LogP contribution in [0.4, 0.5) is 0 Å². The summed E-state index contributed by atoms with van der Waals surface area (Å²) in [6, 6.07) is 8.20. The molecule has 0 saturated carbocycles. The summed E-state index contributed by atoms with van der Waals surface area (Å²) in [7, 11) is 0. The monoisotopic (exact) mass is 443 g/mol. The first kappa shape index (κ1) is 23.3. The topological polar surface area (TPSA) is 78.9 Å². The second kappa shape index (κ2) is 11.3. The Balaban J connectivity index is 1.69. The standard InChI is InChI=1S/C23H33N5O2S/c1-6-8-9-20-24-22(30-27-20)17(5)31-23-26-25-21(28(23)14-16(3)4)15-29-19-12-10-18(7-2)11-13-19/h10-13,16-17H,6-9,14-15H2,1-5H3. The van der Waals surface area contributed by atoms with Gasteiger partial charge >= 0.3 is 0 Å². The maximum Gasteiger partial charge on any atom is 0.239 e. The van der Waals surface area contributed by atoms with Crippen molar-refractivity contribution in [2.45, 2.75) is 83.9 Å². The second-order valence-corrected chi connectivity index (χ2v) is 9.41. The first-order chi connectivity index (χ1) is 15.0. The average molecular weight is 444 g/mol. The van der Waals surface area contributed by atoms with Crippen LogP contribution in [-0.2, 0) is 26.0 Å². The summed E-state index contributed by atoms with van der Waals surface area (Å²) in [6.07, 6.45) is 4.04. The zero-order valence-electron chi connectivity index (χ0n) is 19.2. The molecule has 3 aromatic rings. The molecule has 0 amide bonds. The summed E-state index contributed by atoms with van der Waals surface area (Å²) >= 11 is 1.59. The van der Waals surface area contributed by atoms with Crippen LogP contribution in [-0.4, -0.2) is 24.9 Å². The molecule has 0 spiro atoms. The van der Waals surface area contributed by atoms with E-state index in [1.165, 1.54) is 5.56 Å². The maximum atomic E-state index is 5.98. The van der Waals surface area contributed by atoms with Gasteiger partial charge in [0.2, 0.25) is 5.89 Å². The van der Waals surface area contributed by atoms with Crippen molar-refractivity contribution in [2.24, 2.45) is 5.92 Å². The Bertz CT molecular complexity index is 936. The lowest BCUT2D eigenvalue weighted by molar-refractivity contribution is 0.284. The molecule has 2 heterocycles. The number of aryl methyl sites for hydroxylation is 2. The highest BCUT2D eigenvalue weighted by Crippen LogP contribution is 2.33. The van der Waals surface area contributed by atoms with Gasteiger partial charge in [0.25, 0.3) is 0 Å². The molecule has 168 valence electrons. The van der Waals surface area contributed by atoms with E-state index < -0.39 is 0 Å². The second-order valence-electron chi connectivity index (χ2n) is 8.10. The third-order valence-electron chi connectivity index (χ3n) is 4.91. The minimum absolute atomic E-state index is 0.00616. The molecule has 1 atom stereocenters. The van der Waals surface area contributed by atoms with Gasteiger partial charge in [-0.3, -0.25) is 0 Å². The maximum absolute atomic E-state index is 5.98. The smallest absolute Gasteiger partial charge is 0.239 e. The fourth-order valence-corrected chi connectivity index (χ4v) is 4.02. The van der Waals surface area contributed by atoms with Crippen LogP contribution in [0.15, 0.2) is 33.9 Å². The van der Waals surface area contributed by atoms with Crippen LogP contribution in [0.5, 0.6) is 5.75 Å². The molecule has 0 aliphatic carbocycles. The molecular weight excluding hydrogens is 410 g/mol. The SMILES string of the molecule is CCCCc1noc(C(C)Sc2nnc(COc3ccc(CC)cc3)n2CC(C)C)n1. The molecule has 0 radical (unpaired) electrons. The van der Waals surface area contributed by atoms with Gasteiger partial charge in [-0.2, -0.15) is 4.98 Å². The number of unbranched alkanes of at least 4 members (excludes halogenated alkanes) is 1. The summed E-state index contributed by atoms with van der Waals surface area (Å²) in [5, 5.41) is 13.8. The Kier molecular flexibility index (Phi) is 8.51. The first-order valence-corrected chi connectivity index (χ1v) is 12.0. The Labute approximate surface area is 189 Å². The van der Waals surface area contributed by atoms with Gasteiger partial charge in [0.1, 0.15) is 12.4 Å². The van der Waals surface area contributed by atoms with Crippen LogP contribution in [0.3, 0.4) is 0 Å². The lowest BCUT2D eigenvalue weighted by atomic mass is 10.2. The Hall–Kier alpha value is -2.35. The molecule has 0 N–H and O–H groups in total. The minimum Gasteiger partial charge on any atom is -0.486 e. The predicted octanol–water partition coefficient (Wildman–Crippen LogP) is 5.65. The molecule has 3 rings (SSSR count). The lowest BCUT2D eigenvalue weighted by Crippen LogP contribution is -2.12. The zero-order chi connectivity index (χ0) is 22.2. The minimum atomic E-state index is -0.00616. The zero-order valence-corrected chi connectivity index (χ0v) is 20.0. The largest absolute Gasteiger partial charge is 0.486 e. The van der Waals surface area contributed by atoms with Crippen molar-refractivity contribution in [3.05, 3.63) is 47.4 Å². The van der Waals surface area contributed by atoms with E-state index in [9.17, 15) is 0 Å². The van der Waals surface area contributed by atoms with E-state index in [2.05, 4.69) is 71.7 Å². The van der Waals surface area contributed by atoms with Gasteiger partial charge in [-0.05, 0) is 43.4 Å². The number of ether oxygens (including phenoxy) is 1. The third-order valence-corrected chi connectivity index (χ3v) is 5.98. The van der Waals surface area contributed by atoms with E-state index in [1.54, 1.807) is 11.8 Å². The highest BCUT2D eigenvalue weighted by molar-refractivity contribution is 7.99. The fourth-order valence-electron chi connectivity index (χ4n) is 3.11. The quantitative estimate of drug-likeness (QED) is 0.334. The van der Waals surface area contributed by atoms with Gasteiger partial charge in [-0.15, -0.1) is 10.2 Å². The van der Waals surface area contributed by atoms with E-state index >= 15 is 0 Å². The van der Waals surface area contributed by atoms with Crippen LogP contribution in [0.25, 0.3) is 0 Å². The summed E-state index contributed by atoms with van der Waals surface area (Å²) in [5.41, 5.74) is 1.29. The van der Waals surface area contributed by atoms with Crippen molar-refractivity contribution in [1.82, 2.24) is 24.9 Å². The van der Waals surface area contributed by atoms with Crippen molar-refractivity contribution in [1.29, 1.82) is 0 Å². The van der Waals surface area contributed by atoms with Crippen LogP contribution in [0.1, 0.15) is 75.8 Å². The van der Waals surface area contributed by atoms with Crippen molar-refractivity contribution in [3.63, 3.8) is 0 Å². The highest BCUT2D eigenvalue weighted by atomic mass is 32.2. The third kappa shape index (κ3) is 6.56. The van der Waals surface area contributed by atoms with Crippen LogP contribution >= 0.6 is 11.8 Å². The molecule has 2 aromatic heterocycles. The number of aromatic nitrogens is 5. The molecule has 0 aliphatic heterocycles. The summed E-state index contributed by atoms with van der Waals surface area (Å²) in [4.78, 5) is 4.55. The van der Waals surface area contributed by atoms with E-state index in [4.69, 9.17) is 9.26 Å². The van der Waals surface area contributed by atoms with Crippen LogP contribution in [0, 0.1) is 5.92 Å². The lowest BCUT2D eigenvalue weighted by Gasteiger charge is -2.14. The van der Waals surface area contributed by atoms with Gasteiger partial charge in [0.05, 0.1) is 5.25 Å². The first-order valence-electron chi connectivity index (χ1n) is 11.1. The molecule has 0 fully saturated rings. The fraction of sp³-hybridized carbons (Fsp3) is 0.565. The summed E-state index contributed by atoms with van der Waals surface area (Å²) in [6.45, 7) is 11.9. The van der Waals surface area contributed by atoms with Crippen LogP contribution < -0.4 is 4.74 Å². The van der Waals surface area contributed by atoms with Crippen molar-refractivity contribution in [2.75, 3.05) is 0 Å². The van der Waals surface area contributed by atoms with Crippen molar-refractivity contribution >= 4 is 11.8 Å². The molecule has 8 heteroatoms. The molecule has 1 unspecified atom stereocenters. The normalized spacial score (nSPS) is 12.5. The molecular formula is C23H33N5O2S. The molecule has 31 heavy (non-hydrogen) atoms. The van der Waals surface area contributed by atoms with Gasteiger partial charge < -0.3 is 13.8 Å². The number of thioether (sulfide) groups is 1. The highest BCUT2D eigenvalue weighted by Gasteiger charge is 2.21. The summed E-state index contributed by atoms with van der Waals surface area (Å²) < 4.78 is 13.6. The number of hydrogen-bond donors (Lipinski definition) is 0. The molecule has 1 aromatic carbocycles. The number of benzene rings is 1. The van der Waals surface area contributed by atoms with Crippen LogP contribution in [0.2, 0.25) is 0 Å². The summed E-state index contributed by atoms with van der Waals surface area (Å²) in [5.74, 6) is 3.51. The molecule has 7 nitrogen and oxygen atoms in total. The Morgan fingerprint density at radius 1 is 1.10 bits per heavy atom. The Morgan fingerprint density at radius 3 is 2.55 bits per heavy atom. The Morgan fingerprint density at radius 2 is 1.87 bits per heavy atom. The van der Waals surface area contributed by atoms with Crippen molar-refractivity contribution in [3.8, 4) is 5.75 Å². The molecule has 0 saturated heterocycles. The number of hydrogen-bond acceptors (Lipinski definition) is 7. The number of rotatable bonds is 12. The van der Waals surface area contributed by atoms with E-state index in [0.29, 0.717) is 18.4 Å². The van der Waals surface area contributed by atoms with Gasteiger partial charge in [-0.25, -0.2) is 0 Å². The van der Waals surface area contributed by atoms with E-state index in [1.807, 2.05) is 12.1 Å². The van der Waals surface area contributed by atoms with Gasteiger partial charge in [0, 0.05) is 13.0 Å². The molecule has 0 aliphatic rings. The van der Waals surface area contributed by atoms with E-state index in [0.717, 1.165) is 54.8 Å². The average Bonchev–Trinajstić information content (AvgIpc) is 3.38. The van der Waals surface area contributed by atoms with Gasteiger partial charge in [-0.1, -0.05) is 63.2 Å². The predicted molar refractivity (Wildman–Crippen MR) is 122 cm³/mol. The van der Waals surface area contributed by atoms with Gasteiger partial charge in [0.15, 0.2) is 16.8 Å². The number of nitrogens with zero attached hydrogens (tertiary/aromatic N) is 5. The van der Waals surface area contributed by atoms with E-state index in [-0.39, 0.29) is 5.25 Å².